The monoisotopic (exact) mass is 516 g/mol. The zero-order chi connectivity index (χ0) is 21.5. The first-order chi connectivity index (χ1) is 14.1. The Bertz CT molecular complexity index is 995. The molecule has 0 spiro atoms. The van der Waals surface area contributed by atoms with Gasteiger partial charge in [-0.2, -0.15) is 5.10 Å². The van der Waals surface area contributed by atoms with Crippen LogP contribution in [-0.2, 0) is 0 Å². The van der Waals surface area contributed by atoms with E-state index in [0.29, 0.717) is 6.04 Å². The number of hydrogen-bond donors (Lipinski definition) is 2. The summed E-state index contributed by atoms with van der Waals surface area (Å²) in [6, 6.07) is 10.9. The third kappa shape index (κ3) is 4.51. The molecule has 1 aliphatic heterocycles. The Balaban J connectivity index is 1.54. The number of anilines is 1. The van der Waals surface area contributed by atoms with Crippen LogP contribution in [0.3, 0.4) is 0 Å². The summed E-state index contributed by atoms with van der Waals surface area (Å²) in [6.45, 7) is 9.11. The van der Waals surface area contributed by atoms with E-state index in [1.54, 1.807) is 0 Å². The van der Waals surface area contributed by atoms with E-state index < -0.39 is 0 Å². The molecular weight excluding hydrogens is 487 g/mol. The number of H-pyrrole nitrogens is 1. The minimum absolute atomic E-state index is 0.0981. The fourth-order valence-electron chi connectivity index (χ4n) is 4.70. The Morgan fingerprint density at radius 2 is 1.73 bits per heavy atom. The number of nitrogens with one attached hydrogen (secondary N) is 2. The lowest BCUT2D eigenvalue weighted by Crippen LogP contribution is -2.62. The van der Waals surface area contributed by atoms with Crippen molar-refractivity contribution in [2.75, 3.05) is 11.9 Å². The van der Waals surface area contributed by atoms with Crippen LogP contribution >= 0.6 is 22.6 Å². The summed E-state index contributed by atoms with van der Waals surface area (Å²) in [5.41, 5.74) is 4.39. The lowest BCUT2D eigenvalue weighted by Gasteiger charge is -2.49. The molecule has 0 radical (unpaired) electrons. The Kier molecular flexibility index (Phi) is 5.61. The number of halogens is 1. The standard InChI is InChI=1S/C23H29IN6/c1-22(2)11-17(12-23(3,4)29-22)30(5)21-9-8-20(27-28-21)18-7-6-15(10-19(18)24)16-13-25-26-14-16/h6-10,13-14,17,29H,11-12H2,1-5H3,(H,25,26). The highest BCUT2D eigenvalue weighted by Crippen LogP contribution is 2.33. The lowest BCUT2D eigenvalue weighted by atomic mass is 9.79. The molecule has 1 fully saturated rings. The topological polar surface area (TPSA) is 69.7 Å². The highest BCUT2D eigenvalue weighted by atomic mass is 127. The van der Waals surface area contributed by atoms with Crippen molar-refractivity contribution in [2.24, 2.45) is 0 Å². The van der Waals surface area contributed by atoms with E-state index in [4.69, 9.17) is 0 Å². The van der Waals surface area contributed by atoms with Crippen molar-refractivity contribution >= 4 is 28.4 Å². The first-order valence-electron chi connectivity index (χ1n) is 10.3. The Morgan fingerprint density at radius 3 is 2.30 bits per heavy atom. The van der Waals surface area contributed by atoms with Crippen molar-refractivity contribution in [3.8, 4) is 22.4 Å². The summed E-state index contributed by atoms with van der Waals surface area (Å²) in [7, 11) is 2.13. The molecule has 30 heavy (non-hydrogen) atoms. The predicted octanol–water partition coefficient (Wildman–Crippen LogP) is 4.88. The maximum absolute atomic E-state index is 4.58. The fourth-order valence-corrected chi connectivity index (χ4v) is 5.49. The molecule has 2 aromatic heterocycles. The van der Waals surface area contributed by atoms with E-state index in [0.717, 1.165) is 44.6 Å². The van der Waals surface area contributed by atoms with Crippen LogP contribution < -0.4 is 10.2 Å². The van der Waals surface area contributed by atoms with Crippen molar-refractivity contribution in [2.45, 2.75) is 57.7 Å². The zero-order valence-corrected chi connectivity index (χ0v) is 20.4. The quantitative estimate of drug-likeness (QED) is 0.484. The molecule has 0 bridgehead atoms. The van der Waals surface area contributed by atoms with Crippen LogP contribution in [0.15, 0.2) is 42.7 Å². The molecule has 0 saturated carbocycles. The second-order valence-electron chi connectivity index (χ2n) is 9.52. The molecule has 0 amide bonds. The average Bonchev–Trinajstić information content (AvgIpc) is 3.20. The van der Waals surface area contributed by atoms with Crippen LogP contribution in [0, 0.1) is 3.57 Å². The molecule has 0 atom stereocenters. The maximum atomic E-state index is 4.58. The summed E-state index contributed by atoms with van der Waals surface area (Å²) >= 11 is 2.36. The van der Waals surface area contributed by atoms with Gasteiger partial charge in [0.25, 0.3) is 0 Å². The smallest absolute Gasteiger partial charge is 0.151 e. The van der Waals surface area contributed by atoms with Gasteiger partial charge in [-0.05, 0) is 86.9 Å². The second kappa shape index (κ2) is 7.92. The number of aromatic amines is 1. The van der Waals surface area contributed by atoms with Gasteiger partial charge >= 0.3 is 0 Å². The first-order valence-corrected chi connectivity index (χ1v) is 11.4. The number of nitrogens with zero attached hydrogens (tertiary/aromatic N) is 4. The van der Waals surface area contributed by atoms with Gasteiger partial charge in [-0.3, -0.25) is 5.10 Å². The minimum atomic E-state index is 0.0981. The molecule has 1 aliphatic rings. The predicted molar refractivity (Wildman–Crippen MR) is 130 cm³/mol. The molecule has 2 N–H and O–H groups in total. The van der Waals surface area contributed by atoms with E-state index in [9.17, 15) is 0 Å². The largest absolute Gasteiger partial charge is 0.355 e. The van der Waals surface area contributed by atoms with Crippen LogP contribution in [0.2, 0.25) is 0 Å². The van der Waals surface area contributed by atoms with Crippen molar-refractivity contribution < 1.29 is 0 Å². The van der Waals surface area contributed by atoms with Gasteiger partial charge in [0.05, 0.1) is 11.9 Å². The fraction of sp³-hybridized carbons (Fsp3) is 0.435. The number of hydrogen-bond acceptors (Lipinski definition) is 5. The van der Waals surface area contributed by atoms with E-state index in [1.165, 1.54) is 0 Å². The van der Waals surface area contributed by atoms with Gasteiger partial charge < -0.3 is 10.2 Å². The molecule has 0 unspecified atom stereocenters. The number of benzene rings is 1. The van der Waals surface area contributed by atoms with Crippen molar-refractivity contribution in [1.29, 1.82) is 0 Å². The van der Waals surface area contributed by atoms with Gasteiger partial charge in [0.2, 0.25) is 0 Å². The maximum Gasteiger partial charge on any atom is 0.151 e. The van der Waals surface area contributed by atoms with Gasteiger partial charge in [0.1, 0.15) is 0 Å². The van der Waals surface area contributed by atoms with E-state index in [2.05, 4.69) is 118 Å². The highest BCUT2D eigenvalue weighted by molar-refractivity contribution is 14.1. The molecule has 3 heterocycles. The van der Waals surface area contributed by atoms with Gasteiger partial charge in [0.15, 0.2) is 5.82 Å². The Morgan fingerprint density at radius 1 is 1.00 bits per heavy atom. The Labute approximate surface area is 192 Å². The summed E-state index contributed by atoms with van der Waals surface area (Å²) < 4.78 is 1.14. The van der Waals surface area contributed by atoms with Crippen LogP contribution in [0.1, 0.15) is 40.5 Å². The third-order valence-corrected chi connectivity index (χ3v) is 6.70. The minimum Gasteiger partial charge on any atom is -0.355 e. The summed E-state index contributed by atoms with van der Waals surface area (Å²) in [4.78, 5) is 2.29. The van der Waals surface area contributed by atoms with Crippen molar-refractivity contribution in [3.63, 3.8) is 0 Å². The summed E-state index contributed by atoms with van der Waals surface area (Å²) in [5.74, 6) is 0.919. The molecule has 3 aromatic rings. The molecule has 1 aromatic carbocycles. The van der Waals surface area contributed by atoms with Crippen molar-refractivity contribution in [3.05, 3.63) is 46.3 Å². The Hall–Kier alpha value is -2.00. The van der Waals surface area contributed by atoms with E-state index >= 15 is 0 Å². The van der Waals surface area contributed by atoms with Gasteiger partial charge in [-0.1, -0.05) is 12.1 Å². The normalized spacial score (nSPS) is 18.3. The first kappa shape index (κ1) is 21.2. The van der Waals surface area contributed by atoms with Crippen LogP contribution in [0.5, 0.6) is 0 Å². The van der Waals surface area contributed by atoms with Crippen molar-refractivity contribution in [1.82, 2.24) is 25.7 Å². The molecule has 4 rings (SSSR count). The molecule has 158 valence electrons. The van der Waals surface area contributed by atoms with E-state index in [-0.39, 0.29) is 11.1 Å². The number of rotatable bonds is 4. The lowest BCUT2D eigenvalue weighted by molar-refractivity contribution is 0.160. The van der Waals surface area contributed by atoms with Gasteiger partial charge in [0, 0.05) is 45.1 Å². The summed E-state index contributed by atoms with van der Waals surface area (Å²) in [6.07, 6.45) is 5.88. The highest BCUT2D eigenvalue weighted by Gasteiger charge is 2.39. The SMILES string of the molecule is CN(c1ccc(-c2ccc(-c3cn[nH]c3)cc2I)nn1)C1CC(C)(C)NC(C)(C)C1. The summed E-state index contributed by atoms with van der Waals surface area (Å²) in [5, 5.41) is 19.8. The molecular formula is C23H29IN6. The second-order valence-corrected chi connectivity index (χ2v) is 10.7. The molecule has 7 heteroatoms. The molecule has 6 nitrogen and oxygen atoms in total. The number of piperidine rings is 1. The van der Waals surface area contributed by atoms with Crippen LogP contribution in [0.25, 0.3) is 22.4 Å². The van der Waals surface area contributed by atoms with Gasteiger partial charge in [-0.15, -0.1) is 10.2 Å². The molecule has 0 aliphatic carbocycles. The van der Waals surface area contributed by atoms with Gasteiger partial charge in [-0.25, -0.2) is 0 Å². The van der Waals surface area contributed by atoms with Crippen LogP contribution in [0.4, 0.5) is 5.82 Å². The third-order valence-electron chi connectivity index (χ3n) is 5.80. The van der Waals surface area contributed by atoms with Crippen LogP contribution in [-0.4, -0.2) is 44.6 Å². The van der Waals surface area contributed by atoms with E-state index in [1.807, 2.05) is 12.4 Å². The molecule has 1 saturated heterocycles. The number of aromatic nitrogens is 4. The zero-order valence-electron chi connectivity index (χ0n) is 18.2. The average molecular weight is 516 g/mol.